The predicted molar refractivity (Wildman–Crippen MR) is 93.9 cm³/mol. The number of para-hydroxylation sites is 2. The Bertz CT molecular complexity index is 699. The van der Waals surface area contributed by atoms with Gasteiger partial charge < -0.3 is 14.4 Å². The normalized spacial score (nSPS) is 28.7. The molecule has 0 bridgehead atoms. The van der Waals surface area contributed by atoms with Gasteiger partial charge in [0.1, 0.15) is 5.82 Å². The fourth-order valence-corrected chi connectivity index (χ4v) is 4.41. The van der Waals surface area contributed by atoms with Gasteiger partial charge in [0, 0.05) is 38.5 Å². The van der Waals surface area contributed by atoms with Crippen molar-refractivity contribution in [1.29, 1.82) is 0 Å². The molecule has 130 valence electrons. The van der Waals surface area contributed by atoms with Gasteiger partial charge in [-0.2, -0.15) is 0 Å². The first-order chi connectivity index (χ1) is 11.7. The van der Waals surface area contributed by atoms with Gasteiger partial charge in [-0.1, -0.05) is 18.6 Å². The van der Waals surface area contributed by atoms with Crippen LogP contribution in [-0.2, 0) is 18.2 Å². The highest BCUT2D eigenvalue weighted by molar-refractivity contribution is 5.75. The molecule has 24 heavy (non-hydrogen) atoms. The molecule has 1 aliphatic heterocycles. The average Bonchev–Trinajstić information content (AvgIpc) is 3.17. The van der Waals surface area contributed by atoms with Crippen LogP contribution in [0.2, 0.25) is 0 Å². The van der Waals surface area contributed by atoms with E-state index in [1.54, 1.807) is 0 Å². The molecule has 4 rings (SSSR count). The molecule has 1 aromatic heterocycles. The molecule has 0 spiro atoms. The predicted octanol–water partition coefficient (Wildman–Crippen LogP) is 1.98. The summed E-state index contributed by atoms with van der Waals surface area (Å²) in [6.45, 7) is 3.48. The molecule has 5 nitrogen and oxygen atoms in total. The van der Waals surface area contributed by atoms with Crippen LogP contribution in [0.25, 0.3) is 11.0 Å². The van der Waals surface area contributed by atoms with E-state index in [9.17, 15) is 5.11 Å². The van der Waals surface area contributed by atoms with Gasteiger partial charge in [0.15, 0.2) is 0 Å². The fourth-order valence-electron chi connectivity index (χ4n) is 4.41. The summed E-state index contributed by atoms with van der Waals surface area (Å²) in [6.07, 6.45) is 3.98. The van der Waals surface area contributed by atoms with Crippen LogP contribution in [-0.4, -0.2) is 58.0 Å². The summed E-state index contributed by atoms with van der Waals surface area (Å²) >= 11 is 0. The van der Waals surface area contributed by atoms with Crippen LogP contribution in [0.4, 0.5) is 0 Å². The number of aryl methyl sites for hydroxylation is 1. The second-order valence-electron chi connectivity index (χ2n) is 7.17. The van der Waals surface area contributed by atoms with Crippen molar-refractivity contribution in [2.45, 2.75) is 37.8 Å². The topological polar surface area (TPSA) is 50.5 Å². The zero-order chi connectivity index (χ0) is 16.5. The van der Waals surface area contributed by atoms with E-state index in [1.165, 1.54) is 5.52 Å². The molecule has 1 N–H and O–H groups in total. The van der Waals surface area contributed by atoms with Crippen LogP contribution < -0.4 is 0 Å². The monoisotopic (exact) mass is 329 g/mol. The van der Waals surface area contributed by atoms with E-state index in [-0.39, 0.29) is 6.10 Å². The number of rotatable bonds is 4. The number of ether oxygens (including phenoxy) is 1. The number of fused-ring (bicyclic) bond motifs is 1. The number of benzene rings is 1. The SMILES string of the molecule is Cn1c(CCN2CCOCC2C2CCCC2O)nc2ccccc21. The van der Waals surface area contributed by atoms with Crippen molar-refractivity contribution in [3.8, 4) is 0 Å². The number of aromatic nitrogens is 2. The van der Waals surface area contributed by atoms with Crippen LogP contribution >= 0.6 is 0 Å². The summed E-state index contributed by atoms with van der Waals surface area (Å²) in [4.78, 5) is 7.31. The number of hydrogen-bond acceptors (Lipinski definition) is 4. The van der Waals surface area contributed by atoms with E-state index in [2.05, 4.69) is 34.7 Å². The zero-order valence-electron chi connectivity index (χ0n) is 14.4. The number of morpholine rings is 1. The summed E-state index contributed by atoms with van der Waals surface area (Å²) in [7, 11) is 2.10. The molecular formula is C19H27N3O2. The second kappa shape index (κ2) is 6.82. The van der Waals surface area contributed by atoms with E-state index in [0.717, 1.165) is 63.3 Å². The fraction of sp³-hybridized carbons (Fsp3) is 0.632. The Labute approximate surface area is 143 Å². The quantitative estimate of drug-likeness (QED) is 0.932. The van der Waals surface area contributed by atoms with Crippen molar-refractivity contribution in [1.82, 2.24) is 14.5 Å². The third-order valence-electron chi connectivity index (χ3n) is 5.81. The summed E-state index contributed by atoms with van der Waals surface area (Å²) in [5.74, 6) is 1.50. The minimum Gasteiger partial charge on any atom is -0.393 e. The van der Waals surface area contributed by atoms with Gasteiger partial charge in [0.2, 0.25) is 0 Å². The first kappa shape index (κ1) is 16.1. The molecule has 5 heteroatoms. The number of aliphatic hydroxyl groups is 1. The second-order valence-corrected chi connectivity index (χ2v) is 7.17. The smallest absolute Gasteiger partial charge is 0.110 e. The summed E-state index contributed by atoms with van der Waals surface area (Å²) in [5, 5.41) is 10.3. The van der Waals surface area contributed by atoms with Crippen molar-refractivity contribution < 1.29 is 9.84 Å². The average molecular weight is 329 g/mol. The van der Waals surface area contributed by atoms with Crippen molar-refractivity contribution in [3.63, 3.8) is 0 Å². The van der Waals surface area contributed by atoms with Crippen LogP contribution in [0, 0.1) is 5.92 Å². The van der Waals surface area contributed by atoms with E-state index >= 15 is 0 Å². The molecule has 2 heterocycles. The van der Waals surface area contributed by atoms with Crippen molar-refractivity contribution in [2.24, 2.45) is 13.0 Å². The Hall–Kier alpha value is -1.43. The summed E-state index contributed by atoms with van der Waals surface area (Å²) in [6, 6.07) is 8.65. The first-order valence-corrected chi connectivity index (χ1v) is 9.14. The maximum Gasteiger partial charge on any atom is 0.110 e. The standard InChI is InChI=1S/C19H27N3O2/c1-21-16-7-3-2-6-15(16)20-19(21)9-10-22-11-12-24-13-17(22)14-5-4-8-18(14)23/h2-3,6-7,14,17-18,23H,4-5,8-13H2,1H3. The Balaban J connectivity index is 1.47. The zero-order valence-corrected chi connectivity index (χ0v) is 14.4. The minimum atomic E-state index is -0.157. The maximum atomic E-state index is 10.3. The molecule has 1 saturated heterocycles. The molecule has 3 atom stereocenters. The highest BCUT2D eigenvalue weighted by Gasteiger charge is 2.37. The van der Waals surface area contributed by atoms with E-state index in [4.69, 9.17) is 9.72 Å². The van der Waals surface area contributed by atoms with Gasteiger partial charge in [0.05, 0.1) is 30.4 Å². The van der Waals surface area contributed by atoms with Crippen molar-refractivity contribution in [3.05, 3.63) is 30.1 Å². The first-order valence-electron chi connectivity index (χ1n) is 9.14. The molecule has 1 aromatic carbocycles. The third kappa shape index (κ3) is 2.96. The van der Waals surface area contributed by atoms with Crippen LogP contribution in [0.1, 0.15) is 25.1 Å². The molecule has 2 fully saturated rings. The van der Waals surface area contributed by atoms with Crippen LogP contribution in [0.5, 0.6) is 0 Å². The van der Waals surface area contributed by atoms with E-state index in [1.807, 2.05) is 6.07 Å². The number of aliphatic hydroxyl groups excluding tert-OH is 1. The van der Waals surface area contributed by atoms with Gasteiger partial charge in [-0.3, -0.25) is 4.90 Å². The molecule has 1 saturated carbocycles. The molecule has 2 aromatic rings. The van der Waals surface area contributed by atoms with Crippen molar-refractivity contribution >= 4 is 11.0 Å². The van der Waals surface area contributed by atoms with Gasteiger partial charge in [-0.15, -0.1) is 0 Å². The lowest BCUT2D eigenvalue weighted by molar-refractivity contribution is -0.0496. The highest BCUT2D eigenvalue weighted by Crippen LogP contribution is 2.32. The van der Waals surface area contributed by atoms with Crippen LogP contribution in [0.3, 0.4) is 0 Å². The van der Waals surface area contributed by atoms with Crippen LogP contribution in [0.15, 0.2) is 24.3 Å². The molecular weight excluding hydrogens is 302 g/mol. The number of nitrogens with zero attached hydrogens (tertiary/aromatic N) is 3. The summed E-state index contributed by atoms with van der Waals surface area (Å²) < 4.78 is 7.93. The molecule has 1 aliphatic carbocycles. The Morgan fingerprint density at radius 3 is 2.96 bits per heavy atom. The lowest BCUT2D eigenvalue weighted by atomic mass is 9.94. The van der Waals surface area contributed by atoms with Gasteiger partial charge in [0.25, 0.3) is 0 Å². The maximum absolute atomic E-state index is 10.3. The van der Waals surface area contributed by atoms with Crippen molar-refractivity contribution in [2.75, 3.05) is 26.3 Å². The lowest BCUT2D eigenvalue weighted by Gasteiger charge is -2.40. The third-order valence-corrected chi connectivity index (χ3v) is 5.81. The van der Waals surface area contributed by atoms with E-state index < -0.39 is 0 Å². The molecule has 2 aliphatic rings. The minimum absolute atomic E-state index is 0.157. The van der Waals surface area contributed by atoms with Gasteiger partial charge in [-0.25, -0.2) is 4.98 Å². The van der Waals surface area contributed by atoms with Gasteiger partial charge in [-0.05, 0) is 25.0 Å². The number of hydrogen-bond donors (Lipinski definition) is 1. The Morgan fingerprint density at radius 2 is 2.17 bits per heavy atom. The Morgan fingerprint density at radius 1 is 1.29 bits per heavy atom. The largest absolute Gasteiger partial charge is 0.393 e. The van der Waals surface area contributed by atoms with Gasteiger partial charge >= 0.3 is 0 Å². The molecule has 0 radical (unpaired) electrons. The number of imidazole rings is 1. The summed E-state index contributed by atoms with van der Waals surface area (Å²) in [5.41, 5.74) is 2.26. The molecule has 0 amide bonds. The highest BCUT2D eigenvalue weighted by atomic mass is 16.5. The lowest BCUT2D eigenvalue weighted by Crippen LogP contribution is -2.51. The Kier molecular flexibility index (Phi) is 4.57. The van der Waals surface area contributed by atoms with E-state index in [0.29, 0.717) is 12.0 Å². The molecule has 3 unspecified atom stereocenters.